The molecule has 0 bridgehead atoms. The van der Waals surface area contributed by atoms with Crippen molar-refractivity contribution >= 4 is 27.5 Å². The molecule has 3 rings (SSSR count). The number of benzene rings is 3. The zero-order chi connectivity index (χ0) is 28.4. The topological polar surface area (TPSA) is 96.0 Å². The number of methoxy groups -OCH3 is 1. The van der Waals surface area contributed by atoms with Crippen LogP contribution in [0.5, 0.6) is 5.75 Å². The van der Waals surface area contributed by atoms with Crippen molar-refractivity contribution in [3.05, 3.63) is 95.6 Å². The maximum Gasteiger partial charge on any atom is 0.244 e. The molecule has 0 saturated carbocycles. The Hall–Kier alpha value is -3.85. The average molecular weight is 552 g/mol. The van der Waals surface area contributed by atoms with Crippen molar-refractivity contribution in [2.45, 2.75) is 39.3 Å². The van der Waals surface area contributed by atoms with E-state index < -0.39 is 28.5 Å². The van der Waals surface area contributed by atoms with E-state index in [0.29, 0.717) is 18.0 Å². The fourth-order valence-corrected chi connectivity index (χ4v) is 5.15. The first-order chi connectivity index (χ1) is 18.6. The van der Waals surface area contributed by atoms with Gasteiger partial charge in [0.1, 0.15) is 18.3 Å². The third kappa shape index (κ3) is 8.58. The molecule has 8 nitrogen and oxygen atoms in total. The van der Waals surface area contributed by atoms with E-state index in [4.69, 9.17) is 4.74 Å². The highest BCUT2D eigenvalue weighted by atomic mass is 32.2. The standard InChI is InChI=1S/C30H37N3O5S/c1-5-17-31-30(35)28(19-24-12-7-6-8-13-24)32(21-25-14-9-11-23(2)18-25)29(34)22-33(39(4,36)37)26-15-10-16-27(20-26)38-3/h6-16,18,20,28H,5,17,19,21-22H2,1-4H3,(H,31,35)/t28-/m0/s1. The zero-order valence-corrected chi connectivity index (χ0v) is 23.8. The molecular weight excluding hydrogens is 514 g/mol. The van der Waals surface area contributed by atoms with Gasteiger partial charge in [-0.25, -0.2) is 8.42 Å². The average Bonchev–Trinajstić information content (AvgIpc) is 2.92. The third-order valence-corrected chi connectivity index (χ3v) is 7.42. The van der Waals surface area contributed by atoms with Gasteiger partial charge in [-0.2, -0.15) is 0 Å². The Bertz CT molecular complexity index is 1360. The van der Waals surface area contributed by atoms with Gasteiger partial charge in [0.25, 0.3) is 0 Å². The van der Waals surface area contributed by atoms with Crippen molar-refractivity contribution in [1.82, 2.24) is 10.2 Å². The number of sulfonamides is 1. The van der Waals surface area contributed by atoms with Gasteiger partial charge in [-0.15, -0.1) is 0 Å². The minimum Gasteiger partial charge on any atom is -0.497 e. The lowest BCUT2D eigenvalue weighted by molar-refractivity contribution is -0.140. The van der Waals surface area contributed by atoms with Crippen LogP contribution in [0, 0.1) is 6.92 Å². The van der Waals surface area contributed by atoms with Gasteiger partial charge in [0, 0.05) is 25.6 Å². The molecule has 0 unspecified atom stereocenters. The lowest BCUT2D eigenvalue weighted by Crippen LogP contribution is -2.53. The summed E-state index contributed by atoms with van der Waals surface area (Å²) in [6.45, 7) is 4.06. The van der Waals surface area contributed by atoms with Crippen LogP contribution < -0.4 is 14.4 Å². The summed E-state index contributed by atoms with van der Waals surface area (Å²) >= 11 is 0. The monoisotopic (exact) mass is 551 g/mol. The predicted molar refractivity (Wildman–Crippen MR) is 154 cm³/mol. The number of nitrogens with one attached hydrogen (secondary N) is 1. The van der Waals surface area contributed by atoms with E-state index >= 15 is 0 Å². The van der Waals surface area contributed by atoms with Gasteiger partial charge in [0.05, 0.1) is 19.1 Å². The Morgan fingerprint density at radius 3 is 2.28 bits per heavy atom. The van der Waals surface area contributed by atoms with Gasteiger partial charge in [-0.1, -0.05) is 73.2 Å². The Labute approximate surface area is 231 Å². The lowest BCUT2D eigenvalue weighted by atomic mass is 10.0. The molecule has 1 N–H and O–H groups in total. The van der Waals surface area contributed by atoms with Crippen molar-refractivity contribution in [3.8, 4) is 5.75 Å². The number of aryl methyl sites for hydroxylation is 1. The first kappa shape index (κ1) is 29.7. The summed E-state index contributed by atoms with van der Waals surface area (Å²) in [5, 5.41) is 2.93. The Kier molecular flexibility index (Phi) is 10.5. The maximum absolute atomic E-state index is 14.0. The molecule has 0 fully saturated rings. The fourth-order valence-electron chi connectivity index (χ4n) is 4.31. The van der Waals surface area contributed by atoms with Crippen molar-refractivity contribution in [1.29, 1.82) is 0 Å². The molecule has 39 heavy (non-hydrogen) atoms. The number of ether oxygens (including phenoxy) is 1. The molecule has 2 amide bonds. The van der Waals surface area contributed by atoms with Crippen molar-refractivity contribution in [3.63, 3.8) is 0 Å². The second kappa shape index (κ2) is 13.8. The molecule has 0 aliphatic rings. The van der Waals surface area contributed by atoms with Crippen LogP contribution in [0.25, 0.3) is 0 Å². The van der Waals surface area contributed by atoms with E-state index in [2.05, 4.69) is 5.32 Å². The van der Waals surface area contributed by atoms with Crippen molar-refractivity contribution in [2.24, 2.45) is 0 Å². The van der Waals surface area contributed by atoms with Gasteiger partial charge < -0.3 is 15.0 Å². The number of carbonyl (C=O) groups excluding carboxylic acids is 2. The van der Waals surface area contributed by atoms with Crippen LogP contribution in [-0.4, -0.2) is 57.6 Å². The predicted octanol–water partition coefficient (Wildman–Crippen LogP) is 3.94. The smallest absolute Gasteiger partial charge is 0.244 e. The molecule has 208 valence electrons. The first-order valence-electron chi connectivity index (χ1n) is 12.9. The Morgan fingerprint density at radius 2 is 1.64 bits per heavy atom. The Morgan fingerprint density at radius 1 is 0.949 bits per heavy atom. The fraction of sp³-hybridized carbons (Fsp3) is 0.333. The van der Waals surface area contributed by atoms with Gasteiger partial charge in [0.15, 0.2) is 0 Å². The summed E-state index contributed by atoms with van der Waals surface area (Å²) < 4.78 is 32.0. The number of nitrogens with zero attached hydrogens (tertiary/aromatic N) is 2. The van der Waals surface area contributed by atoms with Gasteiger partial charge in [-0.05, 0) is 36.6 Å². The molecule has 9 heteroatoms. The molecule has 0 aliphatic heterocycles. The van der Waals surface area contributed by atoms with E-state index in [1.165, 1.54) is 12.0 Å². The van der Waals surface area contributed by atoms with Gasteiger partial charge in [0.2, 0.25) is 21.8 Å². The summed E-state index contributed by atoms with van der Waals surface area (Å²) in [5.41, 5.74) is 3.06. The molecular formula is C30H37N3O5S. The van der Waals surface area contributed by atoms with Crippen LogP contribution in [0.3, 0.4) is 0 Å². The molecule has 1 atom stereocenters. The number of rotatable bonds is 13. The van der Waals surface area contributed by atoms with Gasteiger partial charge >= 0.3 is 0 Å². The van der Waals surface area contributed by atoms with Gasteiger partial charge in [-0.3, -0.25) is 13.9 Å². The molecule has 3 aromatic rings. The number of hydrogen-bond donors (Lipinski definition) is 1. The highest BCUT2D eigenvalue weighted by Gasteiger charge is 2.33. The molecule has 0 aliphatic carbocycles. The first-order valence-corrected chi connectivity index (χ1v) is 14.8. The molecule has 3 aromatic carbocycles. The quantitative estimate of drug-likeness (QED) is 0.347. The van der Waals surface area contributed by atoms with Crippen LogP contribution in [-0.2, 0) is 32.6 Å². The Balaban J connectivity index is 2.04. The van der Waals surface area contributed by atoms with Crippen LogP contribution in [0.15, 0.2) is 78.9 Å². The van der Waals surface area contributed by atoms with Crippen LogP contribution in [0.1, 0.15) is 30.0 Å². The molecule has 0 aromatic heterocycles. The lowest BCUT2D eigenvalue weighted by Gasteiger charge is -2.33. The molecule has 0 saturated heterocycles. The summed E-state index contributed by atoms with van der Waals surface area (Å²) in [4.78, 5) is 29.0. The SMILES string of the molecule is CCCNC(=O)[C@H](Cc1ccccc1)N(Cc1cccc(C)c1)C(=O)CN(c1cccc(OC)c1)S(C)(=O)=O. The van der Waals surface area contributed by atoms with Crippen molar-refractivity contribution < 1.29 is 22.7 Å². The van der Waals surface area contributed by atoms with E-state index in [9.17, 15) is 18.0 Å². The summed E-state index contributed by atoms with van der Waals surface area (Å²) in [6.07, 6.45) is 2.08. The second-order valence-electron chi connectivity index (χ2n) is 9.48. The summed E-state index contributed by atoms with van der Waals surface area (Å²) in [6, 6.07) is 22.9. The normalized spacial score (nSPS) is 11.9. The summed E-state index contributed by atoms with van der Waals surface area (Å²) in [5.74, 6) is -0.308. The minimum atomic E-state index is -3.84. The van der Waals surface area contributed by atoms with Crippen molar-refractivity contribution in [2.75, 3.05) is 30.8 Å². The van der Waals surface area contributed by atoms with Crippen LogP contribution >= 0.6 is 0 Å². The van der Waals surface area contributed by atoms with E-state index in [1.54, 1.807) is 24.3 Å². The molecule has 0 radical (unpaired) electrons. The number of carbonyl (C=O) groups is 2. The largest absolute Gasteiger partial charge is 0.497 e. The highest BCUT2D eigenvalue weighted by molar-refractivity contribution is 7.92. The second-order valence-corrected chi connectivity index (χ2v) is 11.4. The highest BCUT2D eigenvalue weighted by Crippen LogP contribution is 2.24. The molecule has 0 heterocycles. The number of amides is 2. The van der Waals surface area contributed by atoms with E-state index in [1.807, 2.05) is 68.4 Å². The minimum absolute atomic E-state index is 0.146. The maximum atomic E-state index is 14.0. The number of anilines is 1. The van der Waals surface area contributed by atoms with E-state index in [0.717, 1.165) is 33.7 Å². The van der Waals surface area contributed by atoms with E-state index in [-0.39, 0.29) is 18.9 Å². The number of hydrogen-bond acceptors (Lipinski definition) is 5. The van der Waals surface area contributed by atoms with Crippen LogP contribution in [0.2, 0.25) is 0 Å². The third-order valence-electron chi connectivity index (χ3n) is 6.28. The van der Waals surface area contributed by atoms with Crippen LogP contribution in [0.4, 0.5) is 5.69 Å². The molecule has 0 spiro atoms. The summed E-state index contributed by atoms with van der Waals surface area (Å²) in [7, 11) is -2.35. The zero-order valence-electron chi connectivity index (χ0n) is 23.0.